The van der Waals surface area contributed by atoms with Crippen molar-refractivity contribution in [3.8, 4) is 0 Å². The molecule has 1 unspecified atom stereocenters. The summed E-state index contributed by atoms with van der Waals surface area (Å²) in [5, 5.41) is 0. The van der Waals surface area contributed by atoms with Crippen LogP contribution in [0.3, 0.4) is 0 Å². The van der Waals surface area contributed by atoms with Gasteiger partial charge in [-0.3, -0.25) is 14.5 Å². The van der Waals surface area contributed by atoms with Crippen LogP contribution in [0.25, 0.3) is 0 Å². The van der Waals surface area contributed by atoms with E-state index in [1.807, 2.05) is 35.2 Å². The summed E-state index contributed by atoms with van der Waals surface area (Å²) in [5.41, 5.74) is 1.05. The van der Waals surface area contributed by atoms with Crippen molar-refractivity contribution in [2.24, 2.45) is 0 Å². The Balaban J connectivity index is 1.86. The lowest BCUT2D eigenvalue weighted by Gasteiger charge is -2.17. The Labute approximate surface area is 150 Å². The molecular formula is C20H29NO4. The van der Waals surface area contributed by atoms with Crippen LogP contribution in [0.2, 0.25) is 0 Å². The first kappa shape index (κ1) is 19.4. The van der Waals surface area contributed by atoms with Crippen molar-refractivity contribution in [3.05, 3.63) is 35.9 Å². The number of hydrogen-bond acceptors (Lipinski definition) is 5. The average Bonchev–Trinajstić information content (AvgIpc) is 3.41. The van der Waals surface area contributed by atoms with Gasteiger partial charge < -0.3 is 9.47 Å². The van der Waals surface area contributed by atoms with Crippen molar-refractivity contribution < 1.29 is 19.1 Å². The molecule has 2 rings (SSSR count). The summed E-state index contributed by atoms with van der Waals surface area (Å²) in [5.74, 6) is -0.497. The fraction of sp³-hybridized carbons (Fsp3) is 0.600. The van der Waals surface area contributed by atoms with E-state index in [1.165, 1.54) is 0 Å². The van der Waals surface area contributed by atoms with Crippen LogP contribution in [0, 0.1) is 0 Å². The fourth-order valence-corrected chi connectivity index (χ4v) is 2.92. The highest BCUT2D eigenvalue weighted by molar-refractivity contribution is 5.83. The van der Waals surface area contributed by atoms with Gasteiger partial charge in [0, 0.05) is 6.54 Å². The van der Waals surface area contributed by atoms with Crippen molar-refractivity contribution in [3.63, 3.8) is 0 Å². The first-order valence-electron chi connectivity index (χ1n) is 9.30. The Kier molecular flexibility index (Phi) is 7.92. The second-order valence-corrected chi connectivity index (χ2v) is 6.40. The van der Waals surface area contributed by atoms with E-state index in [0.717, 1.165) is 31.2 Å². The molecule has 1 aliphatic heterocycles. The molecule has 0 spiro atoms. The van der Waals surface area contributed by atoms with Crippen molar-refractivity contribution in [1.82, 2.24) is 4.90 Å². The Morgan fingerprint density at radius 2 is 1.88 bits per heavy atom. The zero-order valence-corrected chi connectivity index (χ0v) is 15.3. The number of carbonyl (C=O) groups excluding carboxylic acids is 2. The van der Waals surface area contributed by atoms with Crippen molar-refractivity contribution >= 4 is 11.9 Å². The number of carbonyl (C=O) groups is 2. The summed E-state index contributed by atoms with van der Waals surface area (Å²) in [6.45, 7) is 5.30. The summed E-state index contributed by atoms with van der Waals surface area (Å²) < 4.78 is 10.5. The van der Waals surface area contributed by atoms with E-state index in [9.17, 15) is 9.59 Å². The van der Waals surface area contributed by atoms with E-state index in [-0.39, 0.29) is 18.0 Å². The van der Waals surface area contributed by atoms with Crippen molar-refractivity contribution in [1.29, 1.82) is 0 Å². The summed E-state index contributed by atoms with van der Waals surface area (Å²) in [4.78, 5) is 26.4. The van der Waals surface area contributed by atoms with Crippen LogP contribution in [-0.2, 0) is 25.5 Å². The summed E-state index contributed by atoms with van der Waals surface area (Å²) in [6, 6.07) is 9.06. The molecule has 1 aromatic rings. The van der Waals surface area contributed by atoms with Gasteiger partial charge in [0.15, 0.2) is 0 Å². The van der Waals surface area contributed by atoms with Crippen molar-refractivity contribution in [2.75, 3.05) is 19.8 Å². The molecule has 5 nitrogen and oxygen atoms in total. The second kappa shape index (κ2) is 10.2. The van der Waals surface area contributed by atoms with Crippen LogP contribution >= 0.6 is 0 Å². The van der Waals surface area contributed by atoms with Crippen LogP contribution in [0.4, 0.5) is 0 Å². The molecule has 0 aliphatic carbocycles. The molecule has 0 aromatic heterocycles. The lowest BCUT2D eigenvalue weighted by molar-refractivity contribution is -0.149. The molecule has 1 aromatic carbocycles. The number of hydrogen-bond donors (Lipinski definition) is 0. The summed E-state index contributed by atoms with van der Waals surface area (Å²) in [6.07, 6.45) is 4.84. The molecule has 1 heterocycles. The van der Waals surface area contributed by atoms with E-state index < -0.39 is 6.04 Å². The van der Waals surface area contributed by atoms with E-state index in [2.05, 4.69) is 6.92 Å². The van der Waals surface area contributed by atoms with Crippen LogP contribution < -0.4 is 0 Å². The van der Waals surface area contributed by atoms with Gasteiger partial charge in [-0.15, -0.1) is 0 Å². The number of esters is 2. The normalized spacial score (nSPS) is 19.9. The second-order valence-electron chi connectivity index (χ2n) is 6.40. The summed E-state index contributed by atoms with van der Waals surface area (Å²) in [7, 11) is 0. The highest BCUT2D eigenvalue weighted by Gasteiger charge is 2.48. The van der Waals surface area contributed by atoms with Gasteiger partial charge in [-0.25, -0.2) is 0 Å². The quantitative estimate of drug-likeness (QED) is 0.350. The third kappa shape index (κ3) is 6.16. The largest absolute Gasteiger partial charge is 0.465 e. The van der Waals surface area contributed by atoms with Crippen LogP contribution in [0.15, 0.2) is 30.3 Å². The van der Waals surface area contributed by atoms with Gasteiger partial charge in [0.2, 0.25) is 0 Å². The monoisotopic (exact) mass is 347 g/mol. The zero-order valence-electron chi connectivity index (χ0n) is 15.3. The van der Waals surface area contributed by atoms with Gasteiger partial charge in [0.25, 0.3) is 0 Å². The standard InChI is InChI=1S/C20H29NO4/c1-3-5-6-10-13-25-20(23)18-15-21(18)17(19(22)24-4-2)14-16-11-8-7-9-12-16/h7-9,11-12,17-18H,3-6,10,13-15H2,1-2H3/t17-,18+,21?/m0/s1. The Hall–Kier alpha value is -1.88. The molecule has 5 heteroatoms. The molecular weight excluding hydrogens is 318 g/mol. The molecule has 25 heavy (non-hydrogen) atoms. The van der Waals surface area contributed by atoms with Crippen LogP contribution in [0.1, 0.15) is 45.1 Å². The smallest absolute Gasteiger partial charge is 0.324 e. The van der Waals surface area contributed by atoms with Gasteiger partial charge in [-0.2, -0.15) is 0 Å². The number of nitrogens with zero attached hydrogens (tertiary/aromatic N) is 1. The zero-order chi connectivity index (χ0) is 18.1. The first-order chi connectivity index (χ1) is 12.2. The predicted molar refractivity (Wildman–Crippen MR) is 96.2 cm³/mol. The van der Waals surface area contributed by atoms with Gasteiger partial charge in [0.05, 0.1) is 13.2 Å². The molecule has 1 fully saturated rings. The topological polar surface area (TPSA) is 55.6 Å². The third-order valence-electron chi connectivity index (χ3n) is 4.40. The maximum absolute atomic E-state index is 12.3. The molecule has 0 bridgehead atoms. The Morgan fingerprint density at radius 1 is 1.12 bits per heavy atom. The van der Waals surface area contributed by atoms with E-state index in [1.54, 1.807) is 6.92 Å². The lowest BCUT2D eigenvalue weighted by atomic mass is 10.1. The predicted octanol–water partition coefficient (Wildman–Crippen LogP) is 2.97. The highest BCUT2D eigenvalue weighted by atomic mass is 16.5. The summed E-state index contributed by atoms with van der Waals surface area (Å²) >= 11 is 0. The van der Waals surface area contributed by atoms with Crippen LogP contribution in [-0.4, -0.2) is 48.7 Å². The van der Waals surface area contributed by atoms with E-state index in [0.29, 0.717) is 26.2 Å². The number of unbranched alkanes of at least 4 members (excludes halogenated alkanes) is 3. The van der Waals surface area contributed by atoms with E-state index >= 15 is 0 Å². The minimum Gasteiger partial charge on any atom is -0.465 e. The average molecular weight is 347 g/mol. The number of benzene rings is 1. The Bertz CT molecular complexity index is 546. The minimum atomic E-state index is -0.431. The number of ether oxygens (including phenoxy) is 2. The van der Waals surface area contributed by atoms with Gasteiger partial charge in [-0.1, -0.05) is 56.5 Å². The number of rotatable bonds is 11. The SMILES string of the molecule is CCCCCCOC(=O)[C@H]1CN1[C@@H](Cc1ccccc1)C(=O)OCC. The maximum Gasteiger partial charge on any atom is 0.324 e. The highest BCUT2D eigenvalue weighted by Crippen LogP contribution is 2.26. The molecule has 3 atom stereocenters. The van der Waals surface area contributed by atoms with Gasteiger partial charge in [0.1, 0.15) is 12.1 Å². The molecule has 0 N–H and O–H groups in total. The molecule has 0 radical (unpaired) electrons. The van der Waals surface area contributed by atoms with Crippen LogP contribution in [0.5, 0.6) is 0 Å². The fourth-order valence-electron chi connectivity index (χ4n) is 2.92. The van der Waals surface area contributed by atoms with E-state index in [4.69, 9.17) is 9.47 Å². The van der Waals surface area contributed by atoms with Gasteiger partial charge >= 0.3 is 11.9 Å². The molecule has 138 valence electrons. The Morgan fingerprint density at radius 3 is 2.56 bits per heavy atom. The molecule has 1 aliphatic rings. The molecule has 1 saturated heterocycles. The third-order valence-corrected chi connectivity index (χ3v) is 4.40. The van der Waals surface area contributed by atoms with Crippen molar-refractivity contribution in [2.45, 2.75) is 58.0 Å². The first-order valence-corrected chi connectivity index (χ1v) is 9.30. The van der Waals surface area contributed by atoms with Gasteiger partial charge in [-0.05, 0) is 25.3 Å². The minimum absolute atomic E-state index is 0.223. The molecule has 0 saturated carbocycles. The lowest BCUT2D eigenvalue weighted by Crippen LogP contribution is -2.36. The maximum atomic E-state index is 12.3. The molecule has 0 amide bonds.